The van der Waals surface area contributed by atoms with Crippen LogP contribution in [-0.4, -0.2) is 22.8 Å². The lowest BCUT2D eigenvalue weighted by Crippen LogP contribution is -2.29. The molecule has 88 valence electrons. The molecule has 7 nitrogen and oxygen atoms in total. The van der Waals surface area contributed by atoms with Crippen molar-refractivity contribution >= 4 is 23.2 Å². The maximum atomic E-state index is 11.3. The summed E-state index contributed by atoms with van der Waals surface area (Å²) in [5.74, 6) is -0.764. The highest BCUT2D eigenvalue weighted by Gasteiger charge is 2.30. The van der Waals surface area contributed by atoms with E-state index in [4.69, 9.17) is 0 Å². The first kappa shape index (κ1) is 11.1. The summed E-state index contributed by atoms with van der Waals surface area (Å²) >= 11 is 0. The van der Waals surface area contributed by atoms with E-state index < -0.39 is 16.9 Å². The third-order valence-electron chi connectivity index (χ3n) is 2.37. The van der Waals surface area contributed by atoms with Crippen LogP contribution in [0.15, 0.2) is 24.3 Å². The lowest BCUT2D eigenvalue weighted by Gasteiger charge is -2.09. The highest BCUT2D eigenvalue weighted by atomic mass is 16.6. The number of nitro benzene ring substituents is 1. The van der Waals surface area contributed by atoms with Crippen LogP contribution in [0.4, 0.5) is 11.4 Å². The van der Waals surface area contributed by atoms with Crippen molar-refractivity contribution in [3.8, 4) is 0 Å². The fourth-order valence-electron chi connectivity index (χ4n) is 1.58. The number of hydrogen-bond donors (Lipinski definition) is 2. The minimum atomic E-state index is -0.662. The van der Waals surface area contributed by atoms with Crippen LogP contribution in [-0.2, 0) is 9.59 Å². The molecule has 2 N–H and O–H groups in total. The van der Waals surface area contributed by atoms with Gasteiger partial charge in [0.05, 0.1) is 11.3 Å². The van der Waals surface area contributed by atoms with Crippen LogP contribution in [0.25, 0.3) is 0 Å². The van der Waals surface area contributed by atoms with E-state index in [1.165, 1.54) is 18.2 Å². The minimum Gasteiger partial charge on any atom is -0.373 e. The van der Waals surface area contributed by atoms with E-state index in [0.29, 0.717) is 5.69 Å². The standard InChI is InChI=1S/C10H9N3O4/c14-9-5-8(10(15)12-9)11-6-2-1-3-7(4-6)13(16)17/h1-4,8,11H,5H2,(H,12,14,15). The Hall–Kier alpha value is -2.44. The number of carbonyl (C=O) groups excluding carboxylic acids is 2. The zero-order chi connectivity index (χ0) is 12.4. The topological polar surface area (TPSA) is 101 Å². The Labute approximate surface area is 96.0 Å². The van der Waals surface area contributed by atoms with Gasteiger partial charge >= 0.3 is 0 Å². The Bertz CT molecular complexity index is 500. The van der Waals surface area contributed by atoms with E-state index in [1.807, 2.05) is 0 Å². The van der Waals surface area contributed by atoms with E-state index in [1.54, 1.807) is 6.07 Å². The second kappa shape index (κ2) is 4.20. The largest absolute Gasteiger partial charge is 0.373 e. The fourth-order valence-corrected chi connectivity index (χ4v) is 1.58. The van der Waals surface area contributed by atoms with Gasteiger partial charge in [0.15, 0.2) is 0 Å². The smallest absolute Gasteiger partial charge is 0.271 e. The van der Waals surface area contributed by atoms with Gasteiger partial charge in [-0.15, -0.1) is 0 Å². The zero-order valence-corrected chi connectivity index (χ0v) is 8.67. The minimum absolute atomic E-state index is 0.0432. The van der Waals surface area contributed by atoms with Crippen LogP contribution in [0, 0.1) is 10.1 Å². The Morgan fingerprint density at radius 2 is 2.18 bits per heavy atom. The first-order chi connectivity index (χ1) is 8.06. The van der Waals surface area contributed by atoms with E-state index in [-0.39, 0.29) is 18.0 Å². The van der Waals surface area contributed by atoms with Crippen LogP contribution in [0.1, 0.15) is 6.42 Å². The summed E-state index contributed by atoms with van der Waals surface area (Å²) in [6.45, 7) is 0. The second-order valence-corrected chi connectivity index (χ2v) is 3.62. The van der Waals surface area contributed by atoms with E-state index in [2.05, 4.69) is 10.6 Å². The lowest BCUT2D eigenvalue weighted by molar-refractivity contribution is -0.384. The number of nitro groups is 1. The van der Waals surface area contributed by atoms with Crippen LogP contribution >= 0.6 is 0 Å². The number of hydrogen-bond acceptors (Lipinski definition) is 5. The van der Waals surface area contributed by atoms with Crippen molar-refractivity contribution in [2.45, 2.75) is 12.5 Å². The molecule has 1 heterocycles. The Morgan fingerprint density at radius 1 is 1.41 bits per heavy atom. The highest BCUT2D eigenvalue weighted by Crippen LogP contribution is 2.19. The van der Waals surface area contributed by atoms with Crippen molar-refractivity contribution in [2.24, 2.45) is 0 Å². The van der Waals surface area contributed by atoms with Gasteiger partial charge in [0.2, 0.25) is 11.8 Å². The zero-order valence-electron chi connectivity index (χ0n) is 8.67. The molecule has 1 fully saturated rings. The number of carbonyl (C=O) groups is 2. The fraction of sp³-hybridized carbons (Fsp3) is 0.200. The van der Waals surface area contributed by atoms with Gasteiger partial charge in [0, 0.05) is 17.8 Å². The summed E-state index contributed by atoms with van der Waals surface area (Å²) in [6, 6.07) is 5.11. The molecule has 1 aromatic rings. The number of non-ortho nitro benzene ring substituents is 1. The van der Waals surface area contributed by atoms with Crippen molar-refractivity contribution in [3.05, 3.63) is 34.4 Å². The third kappa shape index (κ3) is 2.39. The molecule has 1 unspecified atom stereocenters. The monoisotopic (exact) mass is 235 g/mol. The van der Waals surface area contributed by atoms with E-state index >= 15 is 0 Å². The van der Waals surface area contributed by atoms with Crippen LogP contribution in [0.3, 0.4) is 0 Å². The maximum absolute atomic E-state index is 11.3. The molecule has 1 aliphatic heterocycles. The molecule has 0 aromatic heterocycles. The molecule has 0 saturated carbocycles. The molecule has 7 heteroatoms. The maximum Gasteiger partial charge on any atom is 0.271 e. The molecule has 1 aromatic carbocycles. The highest BCUT2D eigenvalue weighted by molar-refractivity contribution is 6.06. The molecule has 0 spiro atoms. The lowest BCUT2D eigenvalue weighted by atomic mass is 10.2. The Kier molecular flexibility index (Phi) is 2.73. The van der Waals surface area contributed by atoms with Gasteiger partial charge < -0.3 is 5.32 Å². The molecule has 2 rings (SSSR count). The summed E-state index contributed by atoms with van der Waals surface area (Å²) in [4.78, 5) is 32.3. The quantitative estimate of drug-likeness (QED) is 0.449. The van der Waals surface area contributed by atoms with E-state index in [0.717, 1.165) is 0 Å². The number of imide groups is 1. The number of benzene rings is 1. The molecular weight excluding hydrogens is 226 g/mol. The van der Waals surface area contributed by atoms with Crippen molar-refractivity contribution in [3.63, 3.8) is 0 Å². The van der Waals surface area contributed by atoms with Crippen LogP contribution in [0.5, 0.6) is 0 Å². The van der Waals surface area contributed by atoms with Crippen molar-refractivity contribution in [2.75, 3.05) is 5.32 Å². The summed E-state index contributed by atoms with van der Waals surface area (Å²) in [6.07, 6.45) is 0.0432. The molecule has 0 bridgehead atoms. The Balaban J connectivity index is 2.13. The third-order valence-corrected chi connectivity index (χ3v) is 2.37. The van der Waals surface area contributed by atoms with Gasteiger partial charge in [0.1, 0.15) is 6.04 Å². The first-order valence-corrected chi connectivity index (χ1v) is 4.91. The summed E-state index contributed by atoms with van der Waals surface area (Å²) in [5.41, 5.74) is 0.369. The van der Waals surface area contributed by atoms with E-state index in [9.17, 15) is 19.7 Å². The van der Waals surface area contributed by atoms with Gasteiger partial charge in [-0.2, -0.15) is 0 Å². The van der Waals surface area contributed by atoms with Crippen LogP contribution in [0.2, 0.25) is 0 Å². The second-order valence-electron chi connectivity index (χ2n) is 3.62. The summed E-state index contributed by atoms with van der Waals surface area (Å²) in [7, 11) is 0. The van der Waals surface area contributed by atoms with Crippen molar-refractivity contribution in [1.29, 1.82) is 0 Å². The van der Waals surface area contributed by atoms with Crippen molar-refractivity contribution < 1.29 is 14.5 Å². The Morgan fingerprint density at radius 3 is 2.76 bits per heavy atom. The molecule has 2 amide bonds. The molecule has 1 saturated heterocycles. The molecule has 1 atom stereocenters. The molecule has 0 aliphatic carbocycles. The molecular formula is C10H9N3O4. The number of rotatable bonds is 3. The number of amides is 2. The van der Waals surface area contributed by atoms with Crippen LogP contribution < -0.4 is 10.6 Å². The van der Waals surface area contributed by atoms with Crippen molar-refractivity contribution in [1.82, 2.24) is 5.32 Å². The average molecular weight is 235 g/mol. The average Bonchev–Trinajstić information content (AvgIpc) is 2.58. The van der Waals surface area contributed by atoms with Gasteiger partial charge in [-0.1, -0.05) is 6.07 Å². The number of anilines is 1. The molecule has 1 aliphatic rings. The molecule has 17 heavy (non-hydrogen) atoms. The number of nitrogens with zero attached hydrogens (tertiary/aromatic N) is 1. The van der Waals surface area contributed by atoms with Gasteiger partial charge in [-0.25, -0.2) is 0 Å². The van der Waals surface area contributed by atoms with Gasteiger partial charge in [-0.3, -0.25) is 25.0 Å². The predicted octanol–water partition coefficient (Wildman–Crippen LogP) is 0.422. The summed E-state index contributed by atoms with van der Waals surface area (Å²) < 4.78 is 0. The summed E-state index contributed by atoms with van der Waals surface area (Å²) in [5, 5.41) is 15.5. The van der Waals surface area contributed by atoms with Gasteiger partial charge in [-0.05, 0) is 6.07 Å². The SMILES string of the molecule is O=C1CC(Nc2cccc([N+](=O)[O-])c2)C(=O)N1. The normalized spacial score (nSPS) is 18.9. The predicted molar refractivity (Wildman–Crippen MR) is 58.3 cm³/mol. The molecule has 0 radical (unpaired) electrons. The first-order valence-electron chi connectivity index (χ1n) is 4.91. The number of nitrogens with one attached hydrogen (secondary N) is 2. The van der Waals surface area contributed by atoms with Gasteiger partial charge in [0.25, 0.3) is 5.69 Å².